The lowest BCUT2D eigenvalue weighted by molar-refractivity contribution is -0.149. The molecule has 4 atom stereocenters. The molecule has 262 valence electrons. The molecule has 7 rings (SSSR count). The predicted octanol–water partition coefficient (Wildman–Crippen LogP) is 1.89. The van der Waals surface area contributed by atoms with Crippen molar-refractivity contribution in [3.05, 3.63) is 77.7 Å². The average Bonchev–Trinajstić information content (AvgIpc) is 3.75. The number of carbonyl (C=O) groups excluding carboxylic acids is 4. The van der Waals surface area contributed by atoms with E-state index in [1.54, 1.807) is 40.4 Å². The summed E-state index contributed by atoms with van der Waals surface area (Å²) in [6, 6.07) is 9.48. The summed E-state index contributed by atoms with van der Waals surface area (Å²) in [5.41, 5.74) is 0.442. The van der Waals surface area contributed by atoms with Gasteiger partial charge in [0.1, 0.15) is 12.1 Å². The highest BCUT2D eigenvalue weighted by molar-refractivity contribution is 7.51. The molecular weight excluding hydrogens is 672 g/mol. The molecule has 50 heavy (non-hydrogen) atoms. The number of morpholine rings is 1. The number of alkyl halides is 1. The van der Waals surface area contributed by atoms with E-state index < -0.39 is 43.3 Å². The smallest absolute Gasteiger partial charge is 0.363 e. The maximum Gasteiger partial charge on any atom is 0.363 e. The van der Waals surface area contributed by atoms with Gasteiger partial charge < -0.3 is 34.5 Å². The van der Waals surface area contributed by atoms with Crippen LogP contribution in [0.1, 0.15) is 51.6 Å². The fourth-order valence-corrected chi connectivity index (χ4v) is 7.54. The molecule has 3 fully saturated rings. The van der Waals surface area contributed by atoms with Crippen molar-refractivity contribution in [1.82, 2.24) is 34.6 Å². The van der Waals surface area contributed by atoms with Crippen molar-refractivity contribution >= 4 is 47.6 Å². The molecule has 5 heterocycles. The Bertz CT molecular complexity index is 2000. The van der Waals surface area contributed by atoms with Gasteiger partial charge in [-0.05, 0) is 59.9 Å². The third-order valence-electron chi connectivity index (χ3n) is 9.54. The van der Waals surface area contributed by atoms with Crippen LogP contribution in [0.5, 0.6) is 0 Å². The normalized spacial score (nSPS) is 22.3. The van der Waals surface area contributed by atoms with Crippen LogP contribution in [-0.4, -0.2) is 120 Å². The first-order valence-corrected chi connectivity index (χ1v) is 18.0. The van der Waals surface area contributed by atoms with Crippen LogP contribution >= 0.6 is 7.60 Å². The minimum atomic E-state index is -5.07. The third-order valence-corrected chi connectivity index (χ3v) is 10.4. The molecule has 4 aromatic rings. The monoisotopic (exact) mass is 707 g/mol. The van der Waals surface area contributed by atoms with Gasteiger partial charge in [0.05, 0.1) is 19.8 Å². The maximum atomic E-state index is 14.5. The van der Waals surface area contributed by atoms with Crippen molar-refractivity contribution < 1.29 is 42.7 Å². The van der Waals surface area contributed by atoms with E-state index in [1.807, 2.05) is 0 Å². The van der Waals surface area contributed by atoms with Crippen LogP contribution in [-0.2, 0) is 18.9 Å². The number of amides is 4. The first-order valence-electron chi connectivity index (χ1n) is 16.3. The Balaban J connectivity index is 1.19. The van der Waals surface area contributed by atoms with E-state index in [4.69, 9.17) is 4.74 Å². The van der Waals surface area contributed by atoms with E-state index in [0.717, 1.165) is 0 Å². The summed E-state index contributed by atoms with van der Waals surface area (Å²) in [7, 11) is -5.07. The van der Waals surface area contributed by atoms with Crippen LogP contribution in [0.25, 0.3) is 16.4 Å². The number of nitrogens with one attached hydrogen (secondary N) is 1. The van der Waals surface area contributed by atoms with Crippen molar-refractivity contribution in [1.29, 1.82) is 0 Å². The van der Waals surface area contributed by atoms with Crippen LogP contribution in [0.3, 0.4) is 0 Å². The Kier molecular flexibility index (Phi) is 9.11. The molecule has 2 aromatic heterocycles. The van der Waals surface area contributed by atoms with Gasteiger partial charge in [0.25, 0.3) is 11.8 Å². The second-order valence-corrected chi connectivity index (χ2v) is 14.3. The number of ether oxygens (including phenoxy) is 1. The Morgan fingerprint density at radius 3 is 2.52 bits per heavy atom. The molecule has 0 spiro atoms. The zero-order chi connectivity index (χ0) is 35.2. The van der Waals surface area contributed by atoms with Gasteiger partial charge in [-0.15, -0.1) is 0 Å². The van der Waals surface area contributed by atoms with Gasteiger partial charge in [0, 0.05) is 49.7 Å². The first-order chi connectivity index (χ1) is 24.0. The molecule has 2 aromatic carbocycles. The Morgan fingerprint density at radius 2 is 1.76 bits per heavy atom. The van der Waals surface area contributed by atoms with Crippen LogP contribution in [0.4, 0.5) is 4.39 Å². The van der Waals surface area contributed by atoms with Gasteiger partial charge >= 0.3 is 7.60 Å². The fourth-order valence-electron chi connectivity index (χ4n) is 6.99. The van der Waals surface area contributed by atoms with Crippen LogP contribution in [0, 0.1) is 0 Å². The number of rotatable bonds is 6. The van der Waals surface area contributed by atoms with Crippen molar-refractivity contribution in [2.45, 2.75) is 43.3 Å². The van der Waals surface area contributed by atoms with Crippen molar-refractivity contribution in [3.8, 4) is 0 Å². The van der Waals surface area contributed by atoms with Gasteiger partial charge in [0.15, 0.2) is 11.3 Å². The van der Waals surface area contributed by atoms with Gasteiger partial charge in [-0.1, -0.05) is 18.2 Å². The lowest BCUT2D eigenvalue weighted by atomic mass is 10.0. The van der Waals surface area contributed by atoms with Gasteiger partial charge in [-0.25, -0.2) is 13.9 Å². The van der Waals surface area contributed by atoms with Gasteiger partial charge in [-0.3, -0.25) is 23.7 Å². The molecule has 15 nitrogen and oxygen atoms in total. The topological polar surface area (TPSA) is 187 Å². The SMILES string of the molecule is O=C(N[C@H]1CN(C(=O)c2cc3ncccn3n2)CC[C@H]2CC[C@@H](C(=O)N3CCOCC3)N2C1=O)c1ccc2ccc(C(F)P(=O)(O)O)cc2c1. The number of benzene rings is 2. The Morgan fingerprint density at radius 1 is 0.980 bits per heavy atom. The van der Waals surface area contributed by atoms with Crippen molar-refractivity contribution in [2.75, 3.05) is 39.4 Å². The summed E-state index contributed by atoms with van der Waals surface area (Å²) >= 11 is 0. The molecule has 3 N–H and O–H groups in total. The molecule has 1 unspecified atom stereocenters. The summed E-state index contributed by atoms with van der Waals surface area (Å²) in [5.74, 6) is -4.32. The largest absolute Gasteiger partial charge is 0.378 e. The maximum absolute atomic E-state index is 14.5. The Hall–Kier alpha value is -4.76. The second kappa shape index (κ2) is 13.5. The molecule has 0 radical (unpaired) electrons. The highest BCUT2D eigenvalue weighted by atomic mass is 31.2. The summed E-state index contributed by atoms with van der Waals surface area (Å²) in [4.78, 5) is 83.4. The predicted molar refractivity (Wildman–Crippen MR) is 176 cm³/mol. The van der Waals surface area contributed by atoms with Crippen LogP contribution < -0.4 is 5.32 Å². The molecule has 3 saturated heterocycles. The van der Waals surface area contributed by atoms with Crippen molar-refractivity contribution in [2.24, 2.45) is 0 Å². The zero-order valence-corrected chi connectivity index (χ0v) is 27.7. The molecule has 3 aliphatic heterocycles. The standard InChI is InChI=1S/C33H35FN7O8P/c34-29(50(46,47)48)21-4-2-20-3-5-22(17-23(20)16-21)30(42)36-26-19-39(31(43)25-18-28-35-9-1-10-40(28)37-25)11-8-24-6-7-27(41(24)32(26)44)33(45)38-12-14-49-15-13-38/h1-5,9-10,16-18,24,26-27,29H,6-8,11-15,19H2,(H,36,42)(H2,46,47,48)/t24-,26+,27+,29?/m1/s1. The lowest BCUT2D eigenvalue weighted by Gasteiger charge is -2.40. The molecule has 0 aliphatic carbocycles. The average molecular weight is 708 g/mol. The molecule has 17 heteroatoms. The number of hydrogen-bond donors (Lipinski definition) is 3. The zero-order valence-electron chi connectivity index (χ0n) is 26.8. The molecule has 3 aliphatic rings. The number of carbonyl (C=O) groups is 4. The van der Waals surface area contributed by atoms with Gasteiger partial charge in [-0.2, -0.15) is 5.10 Å². The van der Waals surface area contributed by atoms with E-state index in [9.17, 15) is 37.9 Å². The third kappa shape index (κ3) is 6.59. The van der Waals surface area contributed by atoms with Crippen molar-refractivity contribution in [3.63, 3.8) is 0 Å². The van der Waals surface area contributed by atoms with E-state index >= 15 is 0 Å². The molecule has 4 amide bonds. The molecular formula is C33H35FN7O8P. The minimum absolute atomic E-state index is 0.0966. The highest BCUT2D eigenvalue weighted by Crippen LogP contribution is 2.53. The van der Waals surface area contributed by atoms with Crippen LogP contribution in [0.15, 0.2) is 60.9 Å². The summed E-state index contributed by atoms with van der Waals surface area (Å²) in [6.07, 6.45) is 4.65. The van der Waals surface area contributed by atoms with E-state index in [-0.39, 0.29) is 41.9 Å². The quantitative estimate of drug-likeness (QED) is 0.250. The van der Waals surface area contributed by atoms with E-state index in [2.05, 4.69) is 15.4 Å². The number of fused-ring (bicyclic) bond motifs is 3. The Labute approximate surface area is 285 Å². The highest BCUT2D eigenvalue weighted by Gasteiger charge is 2.46. The number of halogens is 1. The summed E-state index contributed by atoms with van der Waals surface area (Å²) in [5, 5.41) is 8.09. The minimum Gasteiger partial charge on any atom is -0.378 e. The van der Waals surface area contributed by atoms with Crippen LogP contribution in [0.2, 0.25) is 0 Å². The number of hydrogen-bond acceptors (Lipinski definition) is 8. The van der Waals surface area contributed by atoms with Gasteiger partial charge in [0.2, 0.25) is 17.7 Å². The first kappa shape index (κ1) is 33.7. The second-order valence-electron chi connectivity index (χ2n) is 12.7. The number of nitrogens with zero attached hydrogens (tertiary/aromatic N) is 6. The summed E-state index contributed by atoms with van der Waals surface area (Å²) < 4.78 is 32.9. The van der Waals surface area contributed by atoms with E-state index in [0.29, 0.717) is 62.0 Å². The fraction of sp³-hybridized carbons (Fsp3) is 0.394. The van der Waals surface area contributed by atoms with E-state index in [1.165, 1.54) is 39.7 Å². The molecule has 0 bridgehead atoms. The number of aromatic nitrogens is 3. The summed E-state index contributed by atoms with van der Waals surface area (Å²) in [6.45, 7) is 1.68. The lowest BCUT2D eigenvalue weighted by Crippen LogP contribution is -2.61. The molecule has 0 saturated carbocycles.